The molecule has 0 saturated carbocycles. The van der Waals surface area contributed by atoms with Crippen molar-refractivity contribution in [2.75, 3.05) is 26.2 Å². The van der Waals surface area contributed by atoms with Gasteiger partial charge in [0, 0.05) is 32.2 Å². The fourth-order valence-electron chi connectivity index (χ4n) is 4.15. The van der Waals surface area contributed by atoms with Crippen LogP contribution in [0, 0.1) is 25.5 Å². The third-order valence-corrected chi connectivity index (χ3v) is 7.71. The van der Waals surface area contributed by atoms with Gasteiger partial charge in [-0.3, -0.25) is 9.69 Å². The third-order valence-electron chi connectivity index (χ3n) is 5.76. The minimum atomic E-state index is -4.30. The van der Waals surface area contributed by atoms with Crippen LogP contribution in [-0.2, 0) is 23.2 Å². The highest BCUT2D eigenvalue weighted by molar-refractivity contribution is 7.89. The van der Waals surface area contributed by atoms with Crippen molar-refractivity contribution in [1.82, 2.24) is 9.21 Å². The first-order valence-corrected chi connectivity index (χ1v) is 12.6. The van der Waals surface area contributed by atoms with Crippen LogP contribution in [0.1, 0.15) is 22.5 Å². The molecule has 1 aromatic heterocycles. The second-order valence-corrected chi connectivity index (χ2v) is 10.5. The molecule has 0 unspecified atom stereocenters. The maximum absolute atomic E-state index is 14.0. The molecule has 1 aliphatic heterocycles. The van der Waals surface area contributed by atoms with Gasteiger partial charge in [-0.15, -0.1) is 0 Å². The molecule has 0 atom stereocenters. The summed E-state index contributed by atoms with van der Waals surface area (Å²) in [6.45, 7) is 5.24. The van der Waals surface area contributed by atoms with Gasteiger partial charge < -0.3 is 9.15 Å². The molecule has 4 rings (SSSR count). The number of hydrogen-bond donors (Lipinski definition) is 0. The van der Waals surface area contributed by atoms with Crippen molar-refractivity contribution >= 4 is 10.0 Å². The van der Waals surface area contributed by atoms with Crippen LogP contribution in [0.5, 0.6) is 5.75 Å². The van der Waals surface area contributed by atoms with Crippen LogP contribution in [0.3, 0.4) is 0 Å². The molecule has 0 bridgehead atoms. The van der Waals surface area contributed by atoms with Crippen LogP contribution >= 0.6 is 0 Å². The van der Waals surface area contributed by atoms with Gasteiger partial charge in [-0.05, 0) is 31.5 Å². The maximum atomic E-state index is 14.0. The lowest BCUT2D eigenvalue weighted by atomic mass is 10.1. The second kappa shape index (κ2) is 10.3. The molecule has 7 nitrogen and oxygen atoms in total. The molecule has 0 radical (unpaired) electrons. The van der Waals surface area contributed by atoms with Gasteiger partial charge in [-0.2, -0.15) is 4.31 Å². The molecule has 186 valence electrons. The highest BCUT2D eigenvalue weighted by atomic mass is 32.2. The van der Waals surface area contributed by atoms with E-state index in [1.54, 1.807) is 0 Å². The SMILES string of the molecule is Cc1cc(C)cc(COc2coc(CN3CCN(S(=O)(=O)c4c(F)cccc4F)CC3)cc2=O)c1. The monoisotopic (exact) mass is 504 g/mol. The number of nitrogens with zero attached hydrogens (tertiary/aromatic N) is 2. The van der Waals surface area contributed by atoms with E-state index in [4.69, 9.17) is 9.15 Å². The molecule has 1 aliphatic rings. The molecule has 0 N–H and O–H groups in total. The van der Waals surface area contributed by atoms with E-state index in [2.05, 4.69) is 6.07 Å². The van der Waals surface area contributed by atoms with E-state index in [9.17, 15) is 22.0 Å². The van der Waals surface area contributed by atoms with Gasteiger partial charge >= 0.3 is 0 Å². The Morgan fingerprint density at radius 1 is 0.971 bits per heavy atom. The van der Waals surface area contributed by atoms with Crippen molar-refractivity contribution in [3.05, 3.63) is 93.0 Å². The average molecular weight is 505 g/mol. The smallest absolute Gasteiger partial charge is 0.249 e. The zero-order valence-corrected chi connectivity index (χ0v) is 20.3. The first kappa shape index (κ1) is 25.0. The van der Waals surface area contributed by atoms with E-state index < -0.39 is 26.6 Å². The Bertz CT molecular complexity index is 1340. The van der Waals surface area contributed by atoms with E-state index in [1.807, 2.05) is 30.9 Å². The Labute approximate surface area is 202 Å². The first-order chi connectivity index (χ1) is 16.6. The van der Waals surface area contributed by atoms with Gasteiger partial charge in [0.25, 0.3) is 0 Å². The molecule has 35 heavy (non-hydrogen) atoms. The summed E-state index contributed by atoms with van der Waals surface area (Å²) >= 11 is 0. The molecule has 0 aliphatic carbocycles. The van der Waals surface area contributed by atoms with Crippen molar-refractivity contribution in [2.45, 2.75) is 31.9 Å². The fourth-order valence-corrected chi connectivity index (χ4v) is 5.68. The summed E-state index contributed by atoms with van der Waals surface area (Å²) in [4.78, 5) is 13.4. The van der Waals surface area contributed by atoms with E-state index in [-0.39, 0.29) is 37.4 Å². The van der Waals surface area contributed by atoms with Crippen molar-refractivity contribution in [3.63, 3.8) is 0 Å². The average Bonchev–Trinajstić information content (AvgIpc) is 2.78. The number of rotatable bonds is 7. The molecule has 1 fully saturated rings. The Hall–Kier alpha value is -3.08. The van der Waals surface area contributed by atoms with Crippen LogP contribution < -0.4 is 10.2 Å². The maximum Gasteiger partial charge on any atom is 0.249 e. The largest absolute Gasteiger partial charge is 0.482 e. The highest BCUT2D eigenvalue weighted by Gasteiger charge is 2.33. The normalized spacial score (nSPS) is 15.3. The zero-order chi connectivity index (χ0) is 25.2. The van der Waals surface area contributed by atoms with Crippen molar-refractivity contribution in [1.29, 1.82) is 0 Å². The summed E-state index contributed by atoms with van der Waals surface area (Å²) in [7, 11) is -4.30. The first-order valence-electron chi connectivity index (χ1n) is 11.1. The standard InChI is InChI=1S/C25H26F2N2O5S/c1-17-10-18(2)12-19(11-17)15-34-24-16-33-20(13-23(24)30)14-28-6-8-29(9-7-28)35(31,32)25-21(26)4-3-5-22(25)27/h3-5,10-13,16H,6-9,14-15H2,1-2H3. The number of aryl methyl sites for hydroxylation is 2. The molecule has 3 aromatic rings. The van der Waals surface area contributed by atoms with Crippen LogP contribution in [0.2, 0.25) is 0 Å². The summed E-state index contributed by atoms with van der Waals surface area (Å²) < 4.78 is 65.8. The van der Waals surface area contributed by atoms with Crippen molar-refractivity contribution in [2.24, 2.45) is 0 Å². The number of ether oxygens (including phenoxy) is 1. The summed E-state index contributed by atoms with van der Waals surface area (Å²) in [5.74, 6) is -1.72. The lowest BCUT2D eigenvalue weighted by Crippen LogP contribution is -2.48. The van der Waals surface area contributed by atoms with E-state index >= 15 is 0 Å². The molecule has 2 heterocycles. The Morgan fingerprint density at radius 3 is 2.20 bits per heavy atom. The van der Waals surface area contributed by atoms with Crippen molar-refractivity contribution < 1.29 is 26.4 Å². The van der Waals surface area contributed by atoms with Crippen LogP contribution in [-0.4, -0.2) is 43.8 Å². The van der Waals surface area contributed by atoms with Crippen molar-refractivity contribution in [3.8, 4) is 5.75 Å². The van der Waals surface area contributed by atoms with Gasteiger partial charge in [0.05, 0.1) is 6.54 Å². The minimum absolute atomic E-state index is 0.0530. The Balaban J connectivity index is 1.35. The van der Waals surface area contributed by atoms with Crippen LogP contribution in [0.25, 0.3) is 0 Å². The Kier molecular flexibility index (Phi) is 7.34. The topological polar surface area (TPSA) is 80.1 Å². The van der Waals surface area contributed by atoms with E-state index in [1.165, 1.54) is 12.3 Å². The summed E-state index contributed by atoms with van der Waals surface area (Å²) in [6, 6.07) is 10.4. The number of benzene rings is 2. The molecule has 2 aromatic carbocycles. The van der Waals surface area contributed by atoms with E-state index in [0.717, 1.165) is 39.2 Å². The van der Waals surface area contributed by atoms with E-state index in [0.29, 0.717) is 18.8 Å². The predicted molar refractivity (Wildman–Crippen MR) is 126 cm³/mol. The molecular weight excluding hydrogens is 478 g/mol. The summed E-state index contributed by atoms with van der Waals surface area (Å²) in [6.07, 6.45) is 1.28. The number of halogens is 2. The molecule has 10 heteroatoms. The minimum Gasteiger partial charge on any atom is -0.482 e. The zero-order valence-electron chi connectivity index (χ0n) is 19.5. The van der Waals surface area contributed by atoms with Gasteiger partial charge in [0.15, 0.2) is 4.90 Å². The quantitative estimate of drug-likeness (QED) is 0.489. The highest BCUT2D eigenvalue weighted by Crippen LogP contribution is 2.24. The van der Waals surface area contributed by atoms with Crippen LogP contribution in [0.4, 0.5) is 8.78 Å². The van der Waals surface area contributed by atoms with Crippen LogP contribution in [0.15, 0.2) is 62.8 Å². The molecular formula is C25H26F2N2O5S. The third kappa shape index (κ3) is 5.77. The van der Waals surface area contributed by atoms with Gasteiger partial charge in [-0.1, -0.05) is 35.4 Å². The lowest BCUT2D eigenvalue weighted by molar-refractivity contribution is 0.168. The summed E-state index contributed by atoms with van der Waals surface area (Å²) in [5, 5.41) is 0. The summed E-state index contributed by atoms with van der Waals surface area (Å²) in [5.41, 5.74) is 2.86. The van der Waals surface area contributed by atoms with Gasteiger partial charge in [0.2, 0.25) is 21.2 Å². The fraction of sp³-hybridized carbons (Fsp3) is 0.320. The second-order valence-electron chi connectivity index (χ2n) is 8.59. The number of piperazine rings is 1. The molecule has 0 amide bonds. The van der Waals surface area contributed by atoms with Gasteiger partial charge in [-0.25, -0.2) is 17.2 Å². The molecule has 0 spiro atoms. The Morgan fingerprint density at radius 2 is 1.60 bits per heavy atom. The molecule has 1 saturated heterocycles. The number of sulfonamides is 1. The lowest BCUT2D eigenvalue weighted by Gasteiger charge is -2.33. The predicted octanol–water partition coefficient (Wildman–Crippen LogP) is 3.62. The number of hydrogen-bond acceptors (Lipinski definition) is 6. The van der Waals surface area contributed by atoms with Gasteiger partial charge in [0.1, 0.15) is 30.3 Å².